The minimum Gasteiger partial charge on any atom is -0.229 e. The number of sulfone groups is 1. The normalized spacial score (nSPS) is 21.3. The lowest BCUT2D eigenvalue weighted by Gasteiger charge is -2.22. The average molecular weight is 345 g/mol. The van der Waals surface area contributed by atoms with Gasteiger partial charge in [-0.15, -0.1) is 0 Å². The molecular weight excluding hydrogens is 322 g/mol. The Morgan fingerprint density at radius 1 is 1.23 bits per heavy atom. The summed E-state index contributed by atoms with van der Waals surface area (Å²) in [6, 6.07) is 6.43. The highest BCUT2D eigenvalue weighted by molar-refractivity contribution is 7.92. The first-order chi connectivity index (χ1) is 10.3. The van der Waals surface area contributed by atoms with Crippen molar-refractivity contribution in [2.75, 3.05) is 18.6 Å². The van der Waals surface area contributed by atoms with Crippen molar-refractivity contribution in [1.82, 2.24) is 4.31 Å². The summed E-state index contributed by atoms with van der Waals surface area (Å²) in [5.41, 5.74) is 1.12. The van der Waals surface area contributed by atoms with Crippen molar-refractivity contribution in [2.24, 2.45) is 0 Å². The third kappa shape index (κ3) is 3.88. The maximum atomic E-state index is 12.6. The van der Waals surface area contributed by atoms with Gasteiger partial charge in [0, 0.05) is 13.1 Å². The van der Waals surface area contributed by atoms with Crippen LogP contribution in [-0.2, 0) is 26.3 Å². The van der Waals surface area contributed by atoms with Gasteiger partial charge in [-0.25, -0.2) is 16.8 Å². The van der Waals surface area contributed by atoms with E-state index >= 15 is 0 Å². The smallest absolute Gasteiger partial charge is 0.229 e. The Morgan fingerprint density at radius 3 is 2.36 bits per heavy atom. The molecule has 0 aliphatic carbocycles. The van der Waals surface area contributed by atoms with Gasteiger partial charge in [-0.05, 0) is 37.0 Å². The van der Waals surface area contributed by atoms with E-state index in [9.17, 15) is 16.8 Å². The quantitative estimate of drug-likeness (QED) is 0.789. The summed E-state index contributed by atoms with van der Waals surface area (Å²) in [5.74, 6) is -0.0230. The van der Waals surface area contributed by atoms with Crippen molar-refractivity contribution >= 4 is 19.9 Å². The standard InChI is InChI=1S/C15H23NO4S2/c1-3-4-5-13-6-8-15(9-7-13)22(19,20)16(2)14-10-11-21(17,18)12-14/h6-9,14H,3-5,10-12H2,1-2H3. The van der Waals surface area contributed by atoms with E-state index in [-0.39, 0.29) is 16.4 Å². The molecule has 0 N–H and O–H groups in total. The van der Waals surface area contributed by atoms with Crippen molar-refractivity contribution in [3.63, 3.8) is 0 Å². The molecule has 1 unspecified atom stereocenters. The zero-order chi connectivity index (χ0) is 16.4. The molecule has 1 aromatic rings. The van der Waals surface area contributed by atoms with Crippen LogP contribution in [0.3, 0.4) is 0 Å². The molecule has 2 rings (SSSR count). The highest BCUT2D eigenvalue weighted by Gasteiger charge is 2.36. The lowest BCUT2D eigenvalue weighted by molar-refractivity contribution is 0.394. The number of unbranched alkanes of at least 4 members (excludes halogenated alkanes) is 1. The number of sulfonamides is 1. The maximum absolute atomic E-state index is 12.6. The van der Waals surface area contributed by atoms with Gasteiger partial charge in [-0.1, -0.05) is 25.5 Å². The van der Waals surface area contributed by atoms with Crippen molar-refractivity contribution in [1.29, 1.82) is 0 Å². The van der Waals surface area contributed by atoms with Crippen LogP contribution in [-0.4, -0.2) is 45.7 Å². The molecule has 0 bridgehead atoms. The first kappa shape index (κ1) is 17.4. The molecule has 0 aromatic heterocycles. The van der Waals surface area contributed by atoms with Crippen LogP contribution in [0.1, 0.15) is 31.7 Å². The van der Waals surface area contributed by atoms with E-state index in [0.717, 1.165) is 24.8 Å². The third-order valence-electron chi connectivity index (χ3n) is 4.14. The summed E-state index contributed by atoms with van der Waals surface area (Å²) in [5, 5.41) is 0. The molecular formula is C15H23NO4S2. The number of aryl methyl sites for hydroxylation is 1. The molecule has 0 radical (unpaired) electrons. The molecule has 22 heavy (non-hydrogen) atoms. The van der Waals surface area contributed by atoms with Gasteiger partial charge in [-0.2, -0.15) is 4.31 Å². The summed E-state index contributed by atoms with van der Waals surface area (Å²) < 4.78 is 49.4. The average Bonchev–Trinajstić information content (AvgIpc) is 2.84. The van der Waals surface area contributed by atoms with Crippen LogP contribution < -0.4 is 0 Å². The van der Waals surface area contributed by atoms with Gasteiger partial charge in [0.1, 0.15) is 0 Å². The van der Waals surface area contributed by atoms with Crippen molar-refractivity contribution < 1.29 is 16.8 Å². The zero-order valence-electron chi connectivity index (χ0n) is 13.0. The molecule has 0 spiro atoms. The first-order valence-electron chi connectivity index (χ1n) is 7.53. The van der Waals surface area contributed by atoms with Gasteiger partial charge in [0.2, 0.25) is 10.0 Å². The number of nitrogens with zero attached hydrogens (tertiary/aromatic N) is 1. The van der Waals surface area contributed by atoms with Crippen LogP contribution in [0, 0.1) is 0 Å². The molecule has 124 valence electrons. The monoisotopic (exact) mass is 345 g/mol. The number of rotatable bonds is 6. The lowest BCUT2D eigenvalue weighted by Crippen LogP contribution is -2.37. The fraction of sp³-hybridized carbons (Fsp3) is 0.600. The highest BCUT2D eigenvalue weighted by Crippen LogP contribution is 2.23. The Morgan fingerprint density at radius 2 is 1.86 bits per heavy atom. The highest BCUT2D eigenvalue weighted by atomic mass is 32.2. The molecule has 0 saturated carbocycles. The predicted molar refractivity (Wildman–Crippen MR) is 87.1 cm³/mol. The van der Waals surface area contributed by atoms with Gasteiger partial charge in [0.05, 0.1) is 16.4 Å². The van der Waals surface area contributed by atoms with Crippen LogP contribution in [0.5, 0.6) is 0 Å². The fourth-order valence-electron chi connectivity index (χ4n) is 2.63. The minimum absolute atomic E-state index is 0.0630. The molecule has 1 saturated heterocycles. The second kappa shape index (κ2) is 6.68. The maximum Gasteiger partial charge on any atom is 0.243 e. The Kier molecular flexibility index (Phi) is 5.29. The summed E-state index contributed by atoms with van der Waals surface area (Å²) in [4.78, 5) is 0.222. The zero-order valence-corrected chi connectivity index (χ0v) is 14.7. The molecule has 5 nitrogen and oxygen atoms in total. The second-order valence-corrected chi connectivity index (χ2v) is 10.1. The molecule has 1 atom stereocenters. The van der Waals surface area contributed by atoms with Crippen LogP contribution in [0.15, 0.2) is 29.2 Å². The third-order valence-corrected chi connectivity index (χ3v) is 7.82. The first-order valence-corrected chi connectivity index (χ1v) is 10.8. The lowest BCUT2D eigenvalue weighted by atomic mass is 10.1. The van der Waals surface area contributed by atoms with Crippen LogP contribution in [0.4, 0.5) is 0 Å². The summed E-state index contributed by atoms with van der Waals surface area (Å²) in [6.07, 6.45) is 3.48. The van der Waals surface area contributed by atoms with E-state index in [4.69, 9.17) is 0 Å². The van der Waals surface area contributed by atoms with E-state index in [1.54, 1.807) is 12.1 Å². The summed E-state index contributed by atoms with van der Waals surface area (Å²) in [6.45, 7) is 2.11. The Bertz CT molecular complexity index is 708. The van der Waals surface area contributed by atoms with Gasteiger partial charge in [0.25, 0.3) is 0 Å². The number of hydrogen-bond donors (Lipinski definition) is 0. The van der Waals surface area contributed by atoms with Gasteiger partial charge in [0.15, 0.2) is 9.84 Å². The molecule has 1 aromatic carbocycles. The molecule has 1 aliphatic rings. The van der Waals surface area contributed by atoms with Gasteiger partial charge < -0.3 is 0 Å². The minimum atomic E-state index is -3.64. The van der Waals surface area contributed by atoms with E-state index in [2.05, 4.69) is 6.92 Å². The number of hydrogen-bond acceptors (Lipinski definition) is 4. The molecule has 7 heteroatoms. The summed E-state index contributed by atoms with van der Waals surface area (Å²) >= 11 is 0. The second-order valence-electron chi connectivity index (χ2n) is 5.83. The van der Waals surface area contributed by atoms with Crippen LogP contribution >= 0.6 is 0 Å². The Hall–Kier alpha value is -0.920. The largest absolute Gasteiger partial charge is 0.243 e. The molecule has 1 aliphatic heterocycles. The molecule has 1 heterocycles. The van der Waals surface area contributed by atoms with Crippen molar-refractivity contribution in [3.8, 4) is 0 Å². The molecule has 1 fully saturated rings. The summed E-state index contributed by atoms with van der Waals surface area (Å²) in [7, 11) is -5.28. The van der Waals surface area contributed by atoms with Gasteiger partial charge in [-0.3, -0.25) is 0 Å². The van der Waals surface area contributed by atoms with Gasteiger partial charge >= 0.3 is 0 Å². The van der Waals surface area contributed by atoms with E-state index in [1.807, 2.05) is 12.1 Å². The molecule has 0 amide bonds. The van der Waals surface area contributed by atoms with E-state index in [1.165, 1.54) is 11.4 Å². The van der Waals surface area contributed by atoms with Crippen LogP contribution in [0.25, 0.3) is 0 Å². The Balaban J connectivity index is 2.16. The SMILES string of the molecule is CCCCc1ccc(S(=O)(=O)N(C)C2CCS(=O)(=O)C2)cc1. The predicted octanol–water partition coefficient (Wildman–Crippen LogP) is 1.84. The van der Waals surface area contributed by atoms with E-state index in [0.29, 0.717) is 6.42 Å². The van der Waals surface area contributed by atoms with E-state index < -0.39 is 25.9 Å². The van der Waals surface area contributed by atoms with Crippen LogP contribution in [0.2, 0.25) is 0 Å². The number of benzene rings is 1. The Labute approximate surface area is 133 Å². The van der Waals surface area contributed by atoms with Crippen molar-refractivity contribution in [3.05, 3.63) is 29.8 Å². The topological polar surface area (TPSA) is 71.5 Å². The van der Waals surface area contributed by atoms with Crippen molar-refractivity contribution in [2.45, 2.75) is 43.5 Å². The fourth-order valence-corrected chi connectivity index (χ4v) is 5.89.